The molecule has 1 rings (SSSR count). The van der Waals surface area contributed by atoms with Crippen molar-refractivity contribution < 1.29 is 24.3 Å². The van der Waals surface area contributed by atoms with Crippen LogP contribution in [-0.2, 0) is 19.2 Å². The van der Waals surface area contributed by atoms with E-state index in [9.17, 15) is 19.2 Å². The Labute approximate surface area is 171 Å². The molecule has 0 saturated carbocycles. The van der Waals surface area contributed by atoms with Crippen LogP contribution in [0.5, 0.6) is 0 Å². The van der Waals surface area contributed by atoms with Crippen molar-refractivity contribution in [1.82, 2.24) is 15.5 Å². The van der Waals surface area contributed by atoms with Gasteiger partial charge in [-0.25, -0.2) is 0 Å². The Bertz CT molecular complexity index is 585. The van der Waals surface area contributed by atoms with E-state index in [4.69, 9.17) is 16.6 Å². The molecular weight excluding hydrogens is 378 g/mol. The molecule has 0 spiro atoms. The molecule has 166 valence electrons. The molecule has 0 aromatic heterocycles. The number of likely N-dealkylation sites (tertiary alicyclic amines) is 1. The third kappa shape index (κ3) is 7.62. The first kappa shape index (κ1) is 24.8. The molecule has 1 saturated heterocycles. The van der Waals surface area contributed by atoms with Crippen LogP contribution in [0.2, 0.25) is 0 Å². The topological polar surface area (TPSA) is 168 Å². The Morgan fingerprint density at radius 2 is 1.93 bits per heavy atom. The van der Waals surface area contributed by atoms with Crippen LogP contribution < -0.4 is 22.1 Å². The van der Waals surface area contributed by atoms with E-state index in [0.717, 1.165) is 12.8 Å². The molecule has 4 unspecified atom stereocenters. The van der Waals surface area contributed by atoms with Crippen molar-refractivity contribution in [3.8, 4) is 0 Å². The average molecular weight is 414 g/mol. The van der Waals surface area contributed by atoms with Gasteiger partial charge in [0, 0.05) is 6.54 Å². The third-order valence-corrected chi connectivity index (χ3v) is 5.34. The minimum absolute atomic E-state index is 0.147. The number of carboxylic acids is 1. The summed E-state index contributed by atoms with van der Waals surface area (Å²) in [5.41, 5.74) is 11.4. The Balaban J connectivity index is 2.83. The Morgan fingerprint density at radius 1 is 1.24 bits per heavy atom. The van der Waals surface area contributed by atoms with Gasteiger partial charge in [0.05, 0.1) is 6.04 Å². The SMILES string of the molecule is CCC(C)C(NC(=O)C(N)CCCCN)C(=O)N1CCCC1C(=O)NCC(=O)O. The molecule has 7 N–H and O–H groups in total. The van der Waals surface area contributed by atoms with E-state index in [-0.39, 0.29) is 11.8 Å². The Hall–Kier alpha value is -2.20. The van der Waals surface area contributed by atoms with Gasteiger partial charge in [-0.05, 0) is 38.1 Å². The number of carbonyl (C=O) groups excluding carboxylic acids is 3. The molecule has 4 atom stereocenters. The van der Waals surface area contributed by atoms with E-state index < -0.39 is 42.5 Å². The van der Waals surface area contributed by atoms with Gasteiger partial charge in [0.1, 0.15) is 18.6 Å². The molecule has 0 bridgehead atoms. The van der Waals surface area contributed by atoms with Gasteiger partial charge in [-0.1, -0.05) is 26.7 Å². The van der Waals surface area contributed by atoms with Gasteiger partial charge in [0.15, 0.2) is 0 Å². The second-order valence-electron chi connectivity index (χ2n) is 7.56. The van der Waals surface area contributed by atoms with Gasteiger partial charge in [0.25, 0.3) is 0 Å². The minimum atomic E-state index is -1.15. The number of nitrogens with zero attached hydrogens (tertiary/aromatic N) is 1. The predicted octanol–water partition coefficient (Wildman–Crippen LogP) is -0.835. The molecule has 29 heavy (non-hydrogen) atoms. The van der Waals surface area contributed by atoms with Crippen molar-refractivity contribution in [2.45, 2.75) is 70.5 Å². The van der Waals surface area contributed by atoms with Crippen molar-refractivity contribution in [3.05, 3.63) is 0 Å². The summed E-state index contributed by atoms with van der Waals surface area (Å²) in [5.74, 6) is -2.53. The van der Waals surface area contributed by atoms with Crippen molar-refractivity contribution in [3.63, 3.8) is 0 Å². The quantitative estimate of drug-likeness (QED) is 0.260. The maximum Gasteiger partial charge on any atom is 0.322 e. The van der Waals surface area contributed by atoms with Crippen LogP contribution in [0, 0.1) is 5.92 Å². The number of aliphatic carboxylic acids is 1. The van der Waals surface area contributed by atoms with E-state index in [1.807, 2.05) is 13.8 Å². The number of nitrogens with two attached hydrogens (primary N) is 2. The van der Waals surface area contributed by atoms with Crippen LogP contribution in [0.3, 0.4) is 0 Å². The number of carboxylic acid groups (broad SMARTS) is 1. The van der Waals surface area contributed by atoms with Crippen molar-refractivity contribution >= 4 is 23.7 Å². The van der Waals surface area contributed by atoms with Gasteiger partial charge in [-0.2, -0.15) is 0 Å². The lowest BCUT2D eigenvalue weighted by Crippen LogP contribution is -2.57. The fraction of sp³-hybridized carbons (Fsp3) is 0.789. The lowest BCUT2D eigenvalue weighted by atomic mass is 9.96. The molecule has 1 aliphatic heterocycles. The number of hydrogen-bond donors (Lipinski definition) is 5. The van der Waals surface area contributed by atoms with Gasteiger partial charge in [0.2, 0.25) is 17.7 Å². The van der Waals surface area contributed by atoms with E-state index in [0.29, 0.717) is 38.8 Å². The smallest absolute Gasteiger partial charge is 0.322 e. The molecule has 10 heteroatoms. The molecule has 0 aromatic carbocycles. The highest BCUT2D eigenvalue weighted by Crippen LogP contribution is 2.21. The fourth-order valence-electron chi connectivity index (χ4n) is 3.35. The summed E-state index contributed by atoms with van der Waals surface area (Å²) in [7, 11) is 0. The average Bonchev–Trinajstić information content (AvgIpc) is 3.18. The number of carbonyl (C=O) groups is 4. The first-order chi connectivity index (χ1) is 13.7. The van der Waals surface area contributed by atoms with Crippen LogP contribution in [-0.4, -0.2) is 71.5 Å². The highest BCUT2D eigenvalue weighted by atomic mass is 16.4. The van der Waals surface area contributed by atoms with Gasteiger partial charge in [-0.3, -0.25) is 19.2 Å². The molecule has 0 aliphatic carbocycles. The molecule has 0 aromatic rings. The summed E-state index contributed by atoms with van der Waals surface area (Å²) in [6, 6.07) is -2.25. The summed E-state index contributed by atoms with van der Waals surface area (Å²) in [6.07, 6.45) is 3.73. The van der Waals surface area contributed by atoms with Gasteiger partial charge >= 0.3 is 5.97 Å². The Morgan fingerprint density at radius 3 is 2.52 bits per heavy atom. The van der Waals surface area contributed by atoms with Crippen molar-refractivity contribution in [1.29, 1.82) is 0 Å². The number of nitrogens with one attached hydrogen (secondary N) is 2. The largest absolute Gasteiger partial charge is 0.480 e. The fourth-order valence-corrected chi connectivity index (χ4v) is 3.35. The highest BCUT2D eigenvalue weighted by Gasteiger charge is 2.39. The summed E-state index contributed by atoms with van der Waals surface area (Å²) < 4.78 is 0. The third-order valence-electron chi connectivity index (χ3n) is 5.34. The molecule has 3 amide bonds. The second-order valence-corrected chi connectivity index (χ2v) is 7.56. The lowest BCUT2D eigenvalue weighted by molar-refractivity contribution is -0.143. The van der Waals surface area contributed by atoms with Crippen LogP contribution in [0.15, 0.2) is 0 Å². The maximum absolute atomic E-state index is 13.2. The van der Waals surface area contributed by atoms with Crippen LogP contribution in [0.1, 0.15) is 52.4 Å². The maximum atomic E-state index is 13.2. The molecule has 10 nitrogen and oxygen atoms in total. The lowest BCUT2D eigenvalue weighted by Gasteiger charge is -2.31. The van der Waals surface area contributed by atoms with Crippen LogP contribution in [0.4, 0.5) is 0 Å². The molecular formula is C19H35N5O5. The first-order valence-electron chi connectivity index (χ1n) is 10.3. The Kier molecular flexibility index (Phi) is 10.6. The zero-order valence-electron chi connectivity index (χ0n) is 17.4. The first-order valence-corrected chi connectivity index (χ1v) is 10.3. The molecule has 0 radical (unpaired) electrons. The summed E-state index contributed by atoms with van der Waals surface area (Å²) in [4.78, 5) is 50.1. The molecule has 1 heterocycles. The standard InChI is InChI=1S/C19H35N5O5/c1-3-12(2)16(23-17(27)13(21)7-4-5-9-20)19(29)24-10-6-8-14(24)18(28)22-11-15(25)26/h12-14,16H,3-11,20-21H2,1-2H3,(H,22,28)(H,23,27)(H,25,26). The van der Waals surface area contributed by atoms with Gasteiger partial charge < -0.3 is 32.1 Å². The highest BCUT2D eigenvalue weighted by molar-refractivity contribution is 5.94. The number of rotatable bonds is 12. The summed E-state index contributed by atoms with van der Waals surface area (Å²) in [5, 5.41) is 13.8. The van der Waals surface area contributed by atoms with E-state index in [2.05, 4.69) is 10.6 Å². The summed E-state index contributed by atoms with van der Waals surface area (Å²) in [6.45, 7) is 4.19. The molecule has 1 fully saturated rings. The monoisotopic (exact) mass is 413 g/mol. The predicted molar refractivity (Wildman–Crippen MR) is 108 cm³/mol. The number of unbranched alkanes of at least 4 members (excludes halogenated alkanes) is 1. The van der Waals surface area contributed by atoms with E-state index in [1.54, 1.807) is 0 Å². The van der Waals surface area contributed by atoms with E-state index in [1.165, 1.54) is 4.90 Å². The molecule has 1 aliphatic rings. The van der Waals surface area contributed by atoms with Crippen molar-refractivity contribution in [2.24, 2.45) is 17.4 Å². The van der Waals surface area contributed by atoms with Crippen LogP contribution in [0.25, 0.3) is 0 Å². The zero-order chi connectivity index (χ0) is 22.0. The number of amides is 3. The summed E-state index contributed by atoms with van der Waals surface area (Å²) >= 11 is 0. The van der Waals surface area contributed by atoms with Crippen LogP contribution >= 0.6 is 0 Å². The normalized spacial score (nSPS) is 19.3. The number of hydrogen-bond acceptors (Lipinski definition) is 6. The van der Waals surface area contributed by atoms with E-state index >= 15 is 0 Å². The van der Waals surface area contributed by atoms with Crippen molar-refractivity contribution in [2.75, 3.05) is 19.6 Å². The second kappa shape index (κ2) is 12.4. The zero-order valence-corrected chi connectivity index (χ0v) is 17.4. The minimum Gasteiger partial charge on any atom is -0.480 e. The van der Waals surface area contributed by atoms with Gasteiger partial charge in [-0.15, -0.1) is 0 Å².